The smallest absolute Gasteiger partial charge is 0.341 e. The van der Waals surface area contributed by atoms with Crippen molar-refractivity contribution >= 4 is 40.8 Å². The fourth-order valence-corrected chi connectivity index (χ4v) is 4.55. The molecule has 0 heterocycles. The molecule has 2 aromatic carbocycles. The number of anilines is 1. The van der Waals surface area contributed by atoms with E-state index >= 15 is 0 Å². The van der Waals surface area contributed by atoms with Crippen molar-refractivity contribution in [2.75, 3.05) is 12.4 Å². The largest absolute Gasteiger partial charge is 0.490 e. The van der Waals surface area contributed by atoms with Gasteiger partial charge in [-0.25, -0.2) is 4.79 Å². The number of carbonyl (C=O) groups is 2. The third-order valence-electron chi connectivity index (χ3n) is 5.34. The van der Waals surface area contributed by atoms with Gasteiger partial charge in [-0.2, -0.15) is 0 Å². The summed E-state index contributed by atoms with van der Waals surface area (Å²) in [7, 11) is 1.31. The standard InChI is InChI=1S/C23H25Cl2NO4/c1-14(2)30-20-9-7-16(13-17(20)21(27)29-3)26-22(28)23(10-4-5-11-23)18-8-6-15(24)12-19(18)25/h6-9,12-14H,4-5,10-11H2,1-3H3,(H,26,28). The average molecular weight is 450 g/mol. The van der Waals surface area contributed by atoms with Gasteiger partial charge in [-0.15, -0.1) is 0 Å². The van der Waals surface area contributed by atoms with Gasteiger partial charge in [0, 0.05) is 15.7 Å². The molecule has 0 spiro atoms. The molecular formula is C23H25Cl2NO4. The second-order valence-electron chi connectivity index (χ2n) is 7.74. The second-order valence-corrected chi connectivity index (χ2v) is 8.58. The van der Waals surface area contributed by atoms with Gasteiger partial charge in [0.05, 0.1) is 18.6 Å². The van der Waals surface area contributed by atoms with Crippen LogP contribution in [-0.2, 0) is 14.9 Å². The number of esters is 1. The molecule has 0 unspecified atom stereocenters. The van der Waals surface area contributed by atoms with Gasteiger partial charge in [-0.05, 0) is 62.6 Å². The molecule has 1 aliphatic carbocycles. The molecule has 0 saturated heterocycles. The quantitative estimate of drug-likeness (QED) is 0.547. The van der Waals surface area contributed by atoms with Gasteiger partial charge in [-0.1, -0.05) is 42.1 Å². The van der Waals surface area contributed by atoms with Gasteiger partial charge in [0.15, 0.2) is 0 Å². The third kappa shape index (κ3) is 4.57. The molecule has 30 heavy (non-hydrogen) atoms. The van der Waals surface area contributed by atoms with E-state index in [1.807, 2.05) is 19.9 Å². The molecule has 5 nitrogen and oxygen atoms in total. The summed E-state index contributed by atoms with van der Waals surface area (Å²) in [4.78, 5) is 25.7. The Bertz CT molecular complexity index is 952. The first-order valence-corrected chi connectivity index (χ1v) is 10.7. The zero-order valence-corrected chi connectivity index (χ0v) is 18.8. The van der Waals surface area contributed by atoms with Gasteiger partial charge >= 0.3 is 5.97 Å². The first-order valence-electron chi connectivity index (χ1n) is 9.93. The van der Waals surface area contributed by atoms with Crippen LogP contribution in [0.15, 0.2) is 36.4 Å². The van der Waals surface area contributed by atoms with Crippen molar-refractivity contribution in [2.45, 2.75) is 51.0 Å². The fourth-order valence-electron chi connectivity index (χ4n) is 3.96. The number of halogens is 2. The Hall–Kier alpha value is -2.24. The van der Waals surface area contributed by atoms with Gasteiger partial charge in [0.2, 0.25) is 5.91 Å². The van der Waals surface area contributed by atoms with Crippen LogP contribution >= 0.6 is 23.2 Å². The molecule has 7 heteroatoms. The van der Waals surface area contributed by atoms with E-state index in [-0.39, 0.29) is 17.6 Å². The molecule has 1 fully saturated rings. The Morgan fingerprint density at radius 2 is 1.77 bits per heavy atom. The molecule has 3 rings (SSSR count). The number of hydrogen-bond donors (Lipinski definition) is 1. The molecule has 0 aliphatic heterocycles. The predicted octanol–water partition coefficient (Wildman–Crippen LogP) is 6.02. The number of ether oxygens (including phenoxy) is 2. The van der Waals surface area contributed by atoms with Crippen molar-refractivity contribution in [1.29, 1.82) is 0 Å². The Kier molecular flexibility index (Phi) is 6.94. The second kappa shape index (κ2) is 9.27. The summed E-state index contributed by atoms with van der Waals surface area (Å²) in [6.07, 6.45) is 3.14. The highest BCUT2D eigenvalue weighted by atomic mass is 35.5. The minimum Gasteiger partial charge on any atom is -0.490 e. The van der Waals surface area contributed by atoms with E-state index in [1.165, 1.54) is 7.11 Å². The maximum absolute atomic E-state index is 13.4. The maximum Gasteiger partial charge on any atom is 0.341 e. The summed E-state index contributed by atoms with van der Waals surface area (Å²) in [6, 6.07) is 10.2. The topological polar surface area (TPSA) is 64.6 Å². The number of hydrogen-bond acceptors (Lipinski definition) is 4. The van der Waals surface area contributed by atoms with Crippen LogP contribution in [0.25, 0.3) is 0 Å². The van der Waals surface area contributed by atoms with Crippen LogP contribution < -0.4 is 10.1 Å². The normalized spacial score (nSPS) is 15.1. The lowest BCUT2D eigenvalue weighted by Crippen LogP contribution is -2.38. The summed E-state index contributed by atoms with van der Waals surface area (Å²) < 4.78 is 10.6. The van der Waals surface area contributed by atoms with Gasteiger partial charge in [0.25, 0.3) is 0 Å². The molecule has 1 aliphatic rings. The molecule has 160 valence electrons. The van der Waals surface area contributed by atoms with Crippen LogP contribution in [0.4, 0.5) is 5.69 Å². The number of carbonyl (C=O) groups excluding carboxylic acids is 2. The first-order chi connectivity index (χ1) is 14.3. The Labute approximate surface area is 186 Å². The van der Waals surface area contributed by atoms with Crippen LogP contribution in [0.1, 0.15) is 55.5 Å². The Balaban J connectivity index is 1.94. The monoisotopic (exact) mass is 449 g/mol. The van der Waals surface area contributed by atoms with Gasteiger partial charge in [0.1, 0.15) is 11.3 Å². The third-order valence-corrected chi connectivity index (χ3v) is 5.89. The number of nitrogens with one attached hydrogen (secondary N) is 1. The van der Waals surface area contributed by atoms with Crippen molar-refractivity contribution in [3.8, 4) is 5.75 Å². The number of methoxy groups -OCH3 is 1. The number of amides is 1. The lowest BCUT2D eigenvalue weighted by molar-refractivity contribution is -0.121. The van der Waals surface area contributed by atoms with Gasteiger partial charge in [-0.3, -0.25) is 4.79 Å². The fraction of sp³-hybridized carbons (Fsp3) is 0.391. The molecule has 0 bridgehead atoms. The molecular weight excluding hydrogens is 425 g/mol. The van der Waals surface area contributed by atoms with Crippen LogP contribution in [0, 0.1) is 0 Å². The van der Waals surface area contributed by atoms with Gasteiger partial charge < -0.3 is 14.8 Å². The minimum absolute atomic E-state index is 0.109. The highest BCUT2D eigenvalue weighted by molar-refractivity contribution is 6.35. The van der Waals surface area contributed by atoms with Crippen molar-refractivity contribution < 1.29 is 19.1 Å². The summed E-state index contributed by atoms with van der Waals surface area (Å²) in [5.41, 5.74) is 0.790. The lowest BCUT2D eigenvalue weighted by Gasteiger charge is -2.29. The Morgan fingerprint density at radius 1 is 1.07 bits per heavy atom. The molecule has 1 amide bonds. The van der Waals surface area contributed by atoms with E-state index < -0.39 is 11.4 Å². The zero-order chi connectivity index (χ0) is 21.9. The average Bonchev–Trinajstić information content (AvgIpc) is 3.19. The summed E-state index contributed by atoms with van der Waals surface area (Å²) in [5, 5.41) is 3.98. The zero-order valence-electron chi connectivity index (χ0n) is 17.3. The first kappa shape index (κ1) is 22.4. The van der Waals surface area contributed by atoms with Crippen molar-refractivity contribution in [3.63, 3.8) is 0 Å². The van der Waals surface area contributed by atoms with Crippen LogP contribution in [-0.4, -0.2) is 25.1 Å². The van der Waals surface area contributed by atoms with Crippen molar-refractivity contribution in [2.24, 2.45) is 0 Å². The van der Waals surface area contributed by atoms with Crippen LogP contribution in [0.3, 0.4) is 0 Å². The maximum atomic E-state index is 13.4. The molecule has 0 radical (unpaired) electrons. The Morgan fingerprint density at radius 3 is 2.37 bits per heavy atom. The van der Waals surface area contributed by atoms with Crippen molar-refractivity contribution in [3.05, 3.63) is 57.6 Å². The summed E-state index contributed by atoms with van der Waals surface area (Å²) in [6.45, 7) is 3.74. The minimum atomic E-state index is -0.736. The van der Waals surface area contributed by atoms with E-state index in [0.717, 1.165) is 18.4 Å². The van der Waals surface area contributed by atoms with E-state index in [1.54, 1.807) is 30.3 Å². The highest BCUT2D eigenvalue weighted by Crippen LogP contribution is 2.45. The lowest BCUT2D eigenvalue weighted by atomic mass is 9.78. The highest BCUT2D eigenvalue weighted by Gasteiger charge is 2.44. The predicted molar refractivity (Wildman–Crippen MR) is 119 cm³/mol. The molecule has 0 aromatic heterocycles. The van der Waals surface area contributed by atoms with Crippen LogP contribution in [0.2, 0.25) is 10.0 Å². The van der Waals surface area contributed by atoms with E-state index in [0.29, 0.717) is 34.3 Å². The summed E-state index contributed by atoms with van der Waals surface area (Å²) >= 11 is 12.5. The molecule has 1 N–H and O–H groups in total. The molecule has 0 atom stereocenters. The molecule has 1 saturated carbocycles. The number of benzene rings is 2. The summed E-state index contributed by atoms with van der Waals surface area (Å²) in [5.74, 6) is -0.276. The van der Waals surface area contributed by atoms with E-state index in [2.05, 4.69) is 5.32 Å². The van der Waals surface area contributed by atoms with Crippen molar-refractivity contribution in [1.82, 2.24) is 0 Å². The molecule has 2 aromatic rings. The number of rotatable bonds is 6. The van der Waals surface area contributed by atoms with Crippen LogP contribution in [0.5, 0.6) is 5.75 Å². The SMILES string of the molecule is COC(=O)c1cc(NC(=O)C2(c3ccc(Cl)cc3Cl)CCCC2)ccc1OC(C)C. The van der Waals surface area contributed by atoms with E-state index in [9.17, 15) is 9.59 Å². The van der Waals surface area contributed by atoms with E-state index in [4.69, 9.17) is 32.7 Å².